The van der Waals surface area contributed by atoms with Gasteiger partial charge >= 0.3 is 0 Å². The molecule has 1 saturated carbocycles. The van der Waals surface area contributed by atoms with Crippen LogP contribution in [-0.2, 0) is 19.5 Å². The molecule has 1 aliphatic carbocycles. The number of hydrogen-bond donors (Lipinski definition) is 3. The molecule has 20 heteroatoms. The Morgan fingerprint density at radius 2 is 1.74 bits per heavy atom. The largest absolute Gasteiger partial charge is 0.489 e. The molecular weight excluding hydrogens is 989 g/mol. The number of nitro groups is 1. The summed E-state index contributed by atoms with van der Waals surface area (Å²) in [6.45, 7) is 15.1. The standard InChI is InChI=1S/C56H68N10O9S/c1-34(2)42-7-4-5-8-43(42)45-9-6-16-64(45)39-25-56(26-39)13-17-62(18-14-56)38-10-11-44(46(22-38)65-48-21-36-12-15-57-53(36)59-55(48)75-51-33-73-32-49(51)65)54(67)60-76(70,71)41-23-47(66(68)69)52-50(24-41)74-29-37(58-52)28-61-19-20-63(35(3)27-61)40-30-72-31-40/h4-5,7-8,10-12,15,21-24,34-35,37,39-40,45,49,51,58H,6,9,13-14,16-20,25-33H2,1-3H3,(H,57,59)(H,60,67)/t35-,37+,45+,49+,51-/m1/s1. The maximum absolute atomic E-state index is 14.8. The SMILES string of the molecule is CC(C)c1ccccc1[C@@H]1CCCN1C1CC2(CCN(c3ccc(C(=O)NS(=O)(=O)c4cc5c(c([N+](=O)[O-])c4)N[C@@H](CN4CCN(C6COC6)[C@H](C)C4)CO5)c(N4c5cc6cc[nH]c6nc5O[C@@H]5COC[C@@H]54)c3)CC2)C1. The predicted molar refractivity (Wildman–Crippen MR) is 288 cm³/mol. The smallest absolute Gasteiger partial charge is 0.297 e. The van der Waals surface area contributed by atoms with Crippen LogP contribution in [0.25, 0.3) is 11.0 Å². The lowest BCUT2D eigenvalue weighted by atomic mass is 9.59. The molecule has 19 nitrogen and oxygen atoms in total. The quantitative estimate of drug-likeness (QED) is 0.0838. The van der Waals surface area contributed by atoms with E-state index in [-0.39, 0.29) is 41.1 Å². The third-order valence-electron chi connectivity index (χ3n) is 18.0. The number of rotatable bonds is 12. The maximum Gasteiger partial charge on any atom is 0.297 e. The number of sulfonamides is 1. The fraction of sp³-hybridized carbons (Fsp3) is 0.536. The number of likely N-dealkylation sites (tertiary alicyclic amines) is 1. The lowest BCUT2D eigenvalue weighted by Crippen LogP contribution is -2.61. The number of nitrogens with zero attached hydrogens (tertiary/aromatic N) is 7. The van der Waals surface area contributed by atoms with Crippen LogP contribution in [0.2, 0.25) is 0 Å². The molecule has 5 aromatic rings. The summed E-state index contributed by atoms with van der Waals surface area (Å²) >= 11 is 0. The van der Waals surface area contributed by atoms with Gasteiger partial charge in [0.25, 0.3) is 21.6 Å². The normalized spacial score (nSPS) is 26.0. The van der Waals surface area contributed by atoms with Crippen molar-refractivity contribution in [3.8, 4) is 11.6 Å². The van der Waals surface area contributed by atoms with Crippen LogP contribution in [0.15, 0.2) is 77.8 Å². The third-order valence-corrected chi connectivity index (χ3v) is 19.3. The molecule has 1 amide bonds. The highest BCUT2D eigenvalue weighted by Gasteiger charge is 2.51. The molecule has 5 saturated heterocycles. The second-order valence-electron chi connectivity index (χ2n) is 23.0. The lowest BCUT2D eigenvalue weighted by molar-refractivity contribution is -0.384. The Bertz CT molecular complexity index is 3170. The number of carbonyl (C=O) groups is 1. The average Bonchev–Trinajstić information content (AvgIpc) is 4.19. The molecule has 5 atom stereocenters. The Kier molecular flexibility index (Phi) is 12.7. The van der Waals surface area contributed by atoms with Crippen LogP contribution in [0.1, 0.15) is 92.7 Å². The van der Waals surface area contributed by atoms with Crippen molar-refractivity contribution in [3.05, 3.63) is 99.7 Å². The Hall–Kier alpha value is -6.03. The molecule has 7 aliphatic heterocycles. The Morgan fingerprint density at radius 3 is 2.51 bits per heavy atom. The number of H-pyrrole nitrogens is 1. The van der Waals surface area contributed by atoms with Crippen molar-refractivity contribution in [2.75, 3.05) is 94.0 Å². The molecule has 402 valence electrons. The zero-order chi connectivity index (χ0) is 52.0. The number of benzene rings is 3. The van der Waals surface area contributed by atoms with Crippen LogP contribution in [0.5, 0.6) is 11.6 Å². The van der Waals surface area contributed by atoms with E-state index in [2.05, 4.69) is 79.7 Å². The summed E-state index contributed by atoms with van der Waals surface area (Å²) in [4.78, 5) is 46.5. The van der Waals surface area contributed by atoms with Crippen molar-refractivity contribution in [3.63, 3.8) is 0 Å². The number of piperazine rings is 1. The Morgan fingerprint density at radius 1 is 0.921 bits per heavy atom. The minimum absolute atomic E-state index is 0.0284. The summed E-state index contributed by atoms with van der Waals surface area (Å²) < 4.78 is 55.2. The zero-order valence-electron chi connectivity index (χ0n) is 43.5. The van der Waals surface area contributed by atoms with Crippen LogP contribution in [0.3, 0.4) is 0 Å². The van der Waals surface area contributed by atoms with Gasteiger partial charge in [-0.2, -0.15) is 4.98 Å². The van der Waals surface area contributed by atoms with Crippen LogP contribution < -0.4 is 29.3 Å². The summed E-state index contributed by atoms with van der Waals surface area (Å²) in [7, 11) is -4.70. The average molecular weight is 1060 g/mol. The van der Waals surface area contributed by atoms with Crippen molar-refractivity contribution in [2.24, 2.45) is 5.41 Å². The molecular formula is C56H68N10O9S. The molecule has 8 aliphatic rings. The summed E-state index contributed by atoms with van der Waals surface area (Å²) in [6, 6.07) is 21.9. The second-order valence-corrected chi connectivity index (χ2v) is 24.7. The van der Waals surface area contributed by atoms with Crippen molar-refractivity contribution >= 4 is 55.4 Å². The van der Waals surface area contributed by atoms with Crippen molar-refractivity contribution in [2.45, 2.75) is 112 Å². The molecule has 0 bridgehead atoms. The lowest BCUT2D eigenvalue weighted by Gasteiger charge is -2.56. The van der Waals surface area contributed by atoms with E-state index in [1.807, 2.05) is 35.4 Å². The number of nitrogens with one attached hydrogen (secondary N) is 3. The van der Waals surface area contributed by atoms with E-state index in [0.29, 0.717) is 72.7 Å². The van der Waals surface area contributed by atoms with Gasteiger partial charge in [-0.25, -0.2) is 13.1 Å². The number of aromatic amines is 1. The minimum Gasteiger partial charge on any atom is -0.489 e. The number of piperidine rings is 1. The zero-order valence-corrected chi connectivity index (χ0v) is 44.3. The number of ether oxygens (including phenoxy) is 4. The van der Waals surface area contributed by atoms with Crippen LogP contribution in [-0.4, -0.2) is 159 Å². The first-order valence-corrected chi connectivity index (χ1v) is 28.9. The first kappa shape index (κ1) is 49.5. The molecule has 1 spiro atoms. The van der Waals surface area contributed by atoms with E-state index in [4.69, 9.17) is 23.9 Å². The summed E-state index contributed by atoms with van der Waals surface area (Å²) in [5.41, 5.74) is 5.64. The van der Waals surface area contributed by atoms with E-state index < -0.39 is 37.5 Å². The summed E-state index contributed by atoms with van der Waals surface area (Å²) in [5, 5.41) is 16.8. The summed E-state index contributed by atoms with van der Waals surface area (Å²) in [6.07, 6.45) is 8.31. The minimum atomic E-state index is -4.70. The number of aromatic nitrogens is 2. The molecule has 0 unspecified atom stereocenters. The second kappa shape index (κ2) is 19.5. The fourth-order valence-corrected chi connectivity index (χ4v) is 14.9. The number of nitro benzene ring substituents is 1. The molecule has 2 aromatic heterocycles. The van der Waals surface area contributed by atoms with Crippen LogP contribution in [0, 0.1) is 15.5 Å². The number of hydrogen-bond acceptors (Lipinski definition) is 16. The molecule has 13 rings (SSSR count). The highest BCUT2D eigenvalue weighted by Crippen LogP contribution is 2.55. The molecule has 0 radical (unpaired) electrons. The molecule has 9 heterocycles. The van der Waals surface area contributed by atoms with Crippen molar-refractivity contribution in [1.29, 1.82) is 0 Å². The highest BCUT2D eigenvalue weighted by molar-refractivity contribution is 7.90. The van der Waals surface area contributed by atoms with Crippen LogP contribution >= 0.6 is 0 Å². The van der Waals surface area contributed by atoms with E-state index >= 15 is 0 Å². The molecule has 3 aromatic carbocycles. The van der Waals surface area contributed by atoms with E-state index in [0.717, 1.165) is 82.5 Å². The van der Waals surface area contributed by atoms with Gasteiger partial charge in [0.05, 0.1) is 65.6 Å². The van der Waals surface area contributed by atoms with Gasteiger partial charge in [0.2, 0.25) is 5.88 Å². The monoisotopic (exact) mass is 1060 g/mol. The number of carbonyl (C=O) groups excluding carboxylic acids is 1. The number of fused-ring (bicyclic) bond motifs is 4. The maximum atomic E-state index is 14.8. The van der Waals surface area contributed by atoms with E-state index in [1.165, 1.54) is 42.9 Å². The Balaban J connectivity index is 0.758. The van der Waals surface area contributed by atoms with Gasteiger partial charge in [0.1, 0.15) is 24.0 Å². The number of anilines is 4. The van der Waals surface area contributed by atoms with Gasteiger partial charge in [-0.1, -0.05) is 38.1 Å². The summed E-state index contributed by atoms with van der Waals surface area (Å²) in [5.74, 6) is -0.0137. The topological polar surface area (TPSA) is 200 Å². The third kappa shape index (κ3) is 8.91. The molecule has 76 heavy (non-hydrogen) atoms. The Labute approximate surface area is 443 Å². The van der Waals surface area contributed by atoms with Gasteiger partial charge in [-0.05, 0) is 105 Å². The first-order chi connectivity index (χ1) is 36.8. The first-order valence-electron chi connectivity index (χ1n) is 27.4. The van der Waals surface area contributed by atoms with Gasteiger partial charge in [0, 0.05) is 86.8 Å². The van der Waals surface area contributed by atoms with Gasteiger partial charge in [-0.15, -0.1) is 0 Å². The predicted octanol–water partition coefficient (Wildman–Crippen LogP) is 7.18. The molecule has 6 fully saturated rings. The van der Waals surface area contributed by atoms with E-state index in [1.54, 1.807) is 6.07 Å². The van der Waals surface area contributed by atoms with Gasteiger partial charge in [0.15, 0.2) is 11.4 Å². The van der Waals surface area contributed by atoms with Gasteiger partial charge < -0.3 is 39.0 Å². The van der Waals surface area contributed by atoms with Crippen molar-refractivity contribution < 1.29 is 37.1 Å². The number of amides is 1. The highest BCUT2D eigenvalue weighted by atomic mass is 32.2. The molecule has 3 N–H and O–H groups in total. The van der Waals surface area contributed by atoms with E-state index in [9.17, 15) is 23.3 Å². The van der Waals surface area contributed by atoms with Gasteiger partial charge in [-0.3, -0.25) is 29.6 Å². The fourth-order valence-electron chi connectivity index (χ4n) is 13.9. The number of pyridine rings is 1. The van der Waals surface area contributed by atoms with Crippen molar-refractivity contribution in [1.82, 2.24) is 29.4 Å². The van der Waals surface area contributed by atoms with Crippen LogP contribution in [0.4, 0.5) is 28.4 Å².